The van der Waals surface area contributed by atoms with E-state index in [0.29, 0.717) is 12.0 Å². The highest BCUT2D eigenvalue weighted by molar-refractivity contribution is 5.95. The maximum absolute atomic E-state index is 12.3. The minimum Gasteiger partial charge on any atom is -0.384 e. The lowest BCUT2D eigenvalue weighted by Gasteiger charge is -2.19. The van der Waals surface area contributed by atoms with Crippen molar-refractivity contribution in [1.82, 2.24) is 5.32 Å². The van der Waals surface area contributed by atoms with E-state index in [4.69, 9.17) is 0 Å². The summed E-state index contributed by atoms with van der Waals surface area (Å²) in [6.45, 7) is 5.50. The zero-order valence-corrected chi connectivity index (χ0v) is 11.7. The Kier molecular flexibility index (Phi) is 3.21. The number of rotatable bonds is 2. The second-order valence-corrected chi connectivity index (χ2v) is 6.04. The number of fused-ring (bicyclic) bond motifs is 1. The van der Waals surface area contributed by atoms with Crippen molar-refractivity contribution < 1.29 is 4.79 Å². The number of benzene rings is 1. The molecule has 0 spiro atoms. The molecule has 0 aromatic heterocycles. The normalized spacial score (nSPS) is 28.8. The van der Waals surface area contributed by atoms with Gasteiger partial charge in [-0.25, -0.2) is 0 Å². The van der Waals surface area contributed by atoms with Gasteiger partial charge in [0, 0.05) is 23.8 Å². The van der Waals surface area contributed by atoms with Crippen LogP contribution in [0.4, 0.5) is 5.69 Å². The quantitative estimate of drug-likeness (QED) is 0.856. The molecule has 1 amide bonds. The molecule has 3 unspecified atom stereocenters. The van der Waals surface area contributed by atoms with Crippen LogP contribution in [0, 0.1) is 11.8 Å². The summed E-state index contributed by atoms with van der Waals surface area (Å²) in [6.07, 6.45) is 3.36. The van der Waals surface area contributed by atoms with Crippen molar-refractivity contribution in [2.75, 3.05) is 11.9 Å². The van der Waals surface area contributed by atoms with Crippen molar-refractivity contribution in [2.45, 2.75) is 39.2 Å². The SMILES string of the molecule is CC1CCC(NC(=O)c2ccc3c(c2)CCN3)C1C. The minimum absolute atomic E-state index is 0.0839. The molecule has 1 aliphatic heterocycles. The van der Waals surface area contributed by atoms with Gasteiger partial charge in [0.25, 0.3) is 5.91 Å². The average molecular weight is 258 g/mol. The monoisotopic (exact) mass is 258 g/mol. The Morgan fingerprint density at radius 2 is 2.16 bits per heavy atom. The lowest BCUT2D eigenvalue weighted by atomic mass is 9.97. The summed E-state index contributed by atoms with van der Waals surface area (Å²) in [5, 5.41) is 6.53. The van der Waals surface area contributed by atoms with Crippen molar-refractivity contribution in [2.24, 2.45) is 11.8 Å². The summed E-state index contributed by atoms with van der Waals surface area (Å²) in [5.74, 6) is 1.38. The lowest BCUT2D eigenvalue weighted by molar-refractivity contribution is 0.0927. The molecule has 0 bridgehead atoms. The van der Waals surface area contributed by atoms with E-state index in [1.807, 2.05) is 18.2 Å². The molecule has 3 nitrogen and oxygen atoms in total. The average Bonchev–Trinajstić information content (AvgIpc) is 2.99. The molecule has 0 saturated heterocycles. The van der Waals surface area contributed by atoms with Gasteiger partial charge in [-0.3, -0.25) is 4.79 Å². The van der Waals surface area contributed by atoms with Crippen LogP contribution in [-0.2, 0) is 6.42 Å². The Labute approximate surface area is 114 Å². The maximum Gasteiger partial charge on any atom is 0.251 e. The van der Waals surface area contributed by atoms with Gasteiger partial charge < -0.3 is 10.6 Å². The van der Waals surface area contributed by atoms with Crippen LogP contribution in [0.2, 0.25) is 0 Å². The zero-order valence-electron chi connectivity index (χ0n) is 11.7. The van der Waals surface area contributed by atoms with Crippen molar-refractivity contribution in [3.63, 3.8) is 0 Å². The summed E-state index contributed by atoms with van der Waals surface area (Å²) >= 11 is 0. The van der Waals surface area contributed by atoms with Crippen LogP contribution in [0.3, 0.4) is 0 Å². The smallest absolute Gasteiger partial charge is 0.251 e. The fourth-order valence-electron chi connectivity index (χ4n) is 3.27. The van der Waals surface area contributed by atoms with Crippen LogP contribution in [0.15, 0.2) is 18.2 Å². The van der Waals surface area contributed by atoms with Crippen LogP contribution in [-0.4, -0.2) is 18.5 Å². The Balaban J connectivity index is 1.71. The Morgan fingerprint density at radius 1 is 1.32 bits per heavy atom. The summed E-state index contributed by atoms with van der Waals surface area (Å²) in [4.78, 5) is 12.3. The summed E-state index contributed by atoms with van der Waals surface area (Å²) < 4.78 is 0. The molecule has 1 fully saturated rings. The third kappa shape index (κ3) is 2.34. The molecular weight excluding hydrogens is 236 g/mol. The van der Waals surface area contributed by atoms with Crippen molar-refractivity contribution in [3.8, 4) is 0 Å². The summed E-state index contributed by atoms with van der Waals surface area (Å²) in [6, 6.07) is 6.33. The molecule has 0 radical (unpaired) electrons. The topological polar surface area (TPSA) is 41.1 Å². The fraction of sp³-hybridized carbons (Fsp3) is 0.562. The summed E-state index contributed by atoms with van der Waals surface area (Å²) in [7, 11) is 0. The highest BCUT2D eigenvalue weighted by Gasteiger charge is 2.31. The van der Waals surface area contributed by atoms with Crippen LogP contribution >= 0.6 is 0 Å². The number of hydrogen-bond acceptors (Lipinski definition) is 2. The number of carbonyl (C=O) groups is 1. The highest BCUT2D eigenvalue weighted by atomic mass is 16.1. The molecular formula is C16H22N2O. The van der Waals surface area contributed by atoms with Crippen LogP contribution in [0.25, 0.3) is 0 Å². The van der Waals surface area contributed by atoms with E-state index in [9.17, 15) is 4.79 Å². The Morgan fingerprint density at radius 3 is 2.89 bits per heavy atom. The standard InChI is InChI=1S/C16H22N2O/c1-10-3-5-14(11(10)2)18-16(19)13-4-6-15-12(9-13)7-8-17-15/h4,6,9-11,14,17H,3,5,7-8H2,1-2H3,(H,18,19). The molecule has 1 heterocycles. The zero-order chi connectivity index (χ0) is 13.4. The predicted molar refractivity (Wildman–Crippen MR) is 77.5 cm³/mol. The van der Waals surface area contributed by atoms with Gasteiger partial charge in [0.15, 0.2) is 0 Å². The minimum atomic E-state index is 0.0839. The van der Waals surface area contributed by atoms with Crippen molar-refractivity contribution in [3.05, 3.63) is 29.3 Å². The van der Waals surface area contributed by atoms with E-state index >= 15 is 0 Å². The van der Waals surface area contributed by atoms with E-state index < -0.39 is 0 Å². The third-order valence-corrected chi connectivity index (χ3v) is 4.86. The van der Waals surface area contributed by atoms with Crippen LogP contribution in [0.1, 0.15) is 42.6 Å². The number of anilines is 1. The number of carbonyl (C=O) groups excluding carboxylic acids is 1. The van der Waals surface area contributed by atoms with Gasteiger partial charge in [-0.2, -0.15) is 0 Å². The van der Waals surface area contributed by atoms with Crippen LogP contribution in [0.5, 0.6) is 0 Å². The first kappa shape index (κ1) is 12.5. The van der Waals surface area contributed by atoms with E-state index in [-0.39, 0.29) is 5.91 Å². The number of amides is 1. The van der Waals surface area contributed by atoms with E-state index in [2.05, 4.69) is 24.5 Å². The van der Waals surface area contributed by atoms with Gasteiger partial charge in [-0.1, -0.05) is 13.8 Å². The molecule has 2 aliphatic rings. The summed E-state index contributed by atoms with van der Waals surface area (Å²) in [5.41, 5.74) is 3.24. The van der Waals surface area contributed by atoms with Crippen molar-refractivity contribution >= 4 is 11.6 Å². The molecule has 3 atom stereocenters. The van der Waals surface area contributed by atoms with Gasteiger partial charge in [0.05, 0.1) is 0 Å². The predicted octanol–water partition coefficient (Wildman–Crippen LogP) is 2.82. The first-order valence-corrected chi connectivity index (χ1v) is 7.33. The molecule has 19 heavy (non-hydrogen) atoms. The Bertz CT molecular complexity index is 498. The molecule has 3 heteroatoms. The molecule has 102 valence electrons. The number of nitrogens with one attached hydrogen (secondary N) is 2. The van der Waals surface area contributed by atoms with E-state index in [1.165, 1.54) is 17.7 Å². The van der Waals surface area contributed by atoms with Gasteiger partial charge in [-0.05, 0) is 54.9 Å². The van der Waals surface area contributed by atoms with E-state index in [1.54, 1.807) is 0 Å². The second kappa shape index (κ2) is 4.87. The van der Waals surface area contributed by atoms with Gasteiger partial charge in [0.2, 0.25) is 0 Å². The van der Waals surface area contributed by atoms with Gasteiger partial charge in [-0.15, -0.1) is 0 Å². The van der Waals surface area contributed by atoms with Crippen LogP contribution < -0.4 is 10.6 Å². The molecule has 1 aliphatic carbocycles. The number of hydrogen-bond donors (Lipinski definition) is 2. The largest absolute Gasteiger partial charge is 0.384 e. The maximum atomic E-state index is 12.3. The molecule has 1 saturated carbocycles. The van der Waals surface area contributed by atoms with Crippen molar-refractivity contribution in [1.29, 1.82) is 0 Å². The second-order valence-electron chi connectivity index (χ2n) is 6.04. The third-order valence-electron chi connectivity index (χ3n) is 4.86. The molecule has 2 N–H and O–H groups in total. The molecule has 1 aromatic carbocycles. The lowest BCUT2D eigenvalue weighted by Crippen LogP contribution is -2.37. The first-order valence-electron chi connectivity index (χ1n) is 7.33. The Hall–Kier alpha value is -1.51. The highest BCUT2D eigenvalue weighted by Crippen LogP contribution is 2.31. The fourth-order valence-corrected chi connectivity index (χ4v) is 3.27. The molecule has 1 aromatic rings. The first-order chi connectivity index (χ1) is 9.15. The van der Waals surface area contributed by atoms with Gasteiger partial charge in [0.1, 0.15) is 0 Å². The van der Waals surface area contributed by atoms with Gasteiger partial charge >= 0.3 is 0 Å². The van der Waals surface area contributed by atoms with E-state index in [0.717, 1.165) is 30.9 Å². The molecule has 3 rings (SSSR count).